The van der Waals surface area contributed by atoms with Crippen molar-refractivity contribution in [2.75, 3.05) is 13.2 Å². The van der Waals surface area contributed by atoms with Crippen LogP contribution in [0.15, 0.2) is 78.9 Å². The number of hydrogen-bond acceptors (Lipinski definition) is 4. The molecule has 3 aromatic rings. The van der Waals surface area contributed by atoms with Gasteiger partial charge in [0.1, 0.15) is 13.2 Å². The lowest BCUT2D eigenvalue weighted by atomic mass is 9.98. The Balaban J connectivity index is 1.16. The molecule has 0 bridgehead atoms. The average Bonchev–Trinajstić information content (AvgIpc) is 3.49. The Bertz CT molecular complexity index is 1250. The predicted octanol–water partition coefficient (Wildman–Crippen LogP) is 4.81. The van der Waals surface area contributed by atoms with E-state index >= 15 is 0 Å². The van der Waals surface area contributed by atoms with E-state index in [4.69, 9.17) is 4.74 Å². The first kappa shape index (κ1) is 24.6. The number of carboxylic acid groups (broad SMARTS) is 1. The van der Waals surface area contributed by atoms with Crippen molar-refractivity contribution in [2.45, 2.75) is 37.8 Å². The summed E-state index contributed by atoms with van der Waals surface area (Å²) in [5.41, 5.74) is 5.53. The molecule has 0 heterocycles. The van der Waals surface area contributed by atoms with Crippen LogP contribution in [-0.4, -0.2) is 47.2 Å². The highest BCUT2D eigenvalue weighted by atomic mass is 16.5. The second-order valence-corrected chi connectivity index (χ2v) is 9.75. The Labute approximate surface area is 216 Å². The van der Waals surface area contributed by atoms with Crippen molar-refractivity contribution in [3.63, 3.8) is 0 Å². The summed E-state index contributed by atoms with van der Waals surface area (Å²) in [6.07, 6.45) is 1.21. The van der Waals surface area contributed by atoms with Gasteiger partial charge >= 0.3 is 12.1 Å². The molecule has 0 unspecified atom stereocenters. The minimum absolute atomic E-state index is 0.0152. The highest BCUT2D eigenvalue weighted by Gasteiger charge is 2.35. The fourth-order valence-corrected chi connectivity index (χ4v) is 5.58. The number of amides is 2. The molecule has 2 N–H and O–H groups in total. The lowest BCUT2D eigenvalue weighted by molar-refractivity contribution is -0.146. The van der Waals surface area contributed by atoms with E-state index in [2.05, 4.69) is 29.6 Å². The highest BCUT2D eigenvalue weighted by Crippen LogP contribution is 2.44. The zero-order valence-corrected chi connectivity index (χ0v) is 20.5. The lowest BCUT2D eigenvalue weighted by Gasteiger charge is -2.24. The molecule has 7 heteroatoms. The average molecular weight is 499 g/mol. The summed E-state index contributed by atoms with van der Waals surface area (Å²) in [7, 11) is 0. The number of aliphatic carboxylic acids is 1. The van der Waals surface area contributed by atoms with Crippen LogP contribution in [0.4, 0.5) is 4.79 Å². The number of benzene rings is 3. The van der Waals surface area contributed by atoms with E-state index in [0.717, 1.165) is 16.7 Å². The number of carboxylic acids is 1. The third kappa shape index (κ3) is 5.50. The molecule has 7 nitrogen and oxygen atoms in total. The van der Waals surface area contributed by atoms with E-state index in [1.165, 1.54) is 16.0 Å². The first-order valence-electron chi connectivity index (χ1n) is 12.7. The Morgan fingerprint density at radius 2 is 1.49 bits per heavy atom. The summed E-state index contributed by atoms with van der Waals surface area (Å²) in [5.74, 6) is -1.58. The molecule has 0 aliphatic heterocycles. The minimum Gasteiger partial charge on any atom is -0.480 e. The Morgan fingerprint density at radius 1 is 0.865 bits per heavy atom. The van der Waals surface area contributed by atoms with Crippen LogP contribution in [0.25, 0.3) is 11.1 Å². The van der Waals surface area contributed by atoms with Crippen molar-refractivity contribution in [1.29, 1.82) is 0 Å². The van der Waals surface area contributed by atoms with E-state index in [1.807, 2.05) is 54.6 Å². The first-order valence-corrected chi connectivity index (χ1v) is 12.7. The third-order valence-electron chi connectivity index (χ3n) is 7.30. The summed E-state index contributed by atoms with van der Waals surface area (Å²) in [4.78, 5) is 38.6. The molecule has 1 fully saturated rings. The number of rotatable bonds is 8. The third-order valence-corrected chi connectivity index (χ3v) is 7.30. The smallest absolute Gasteiger partial charge is 0.407 e. The SMILES string of the molecule is O=C(O)CN(Cc1ccccc1)C(=O)[C@@H]1CC[C@H](NC(=O)OCC2c3ccccc3-c3ccccc32)C1. The van der Waals surface area contributed by atoms with Gasteiger partial charge in [-0.05, 0) is 47.1 Å². The summed E-state index contributed by atoms with van der Waals surface area (Å²) in [6, 6.07) is 25.5. The molecule has 1 saturated carbocycles. The topological polar surface area (TPSA) is 95.9 Å². The zero-order valence-electron chi connectivity index (χ0n) is 20.5. The molecule has 3 aromatic carbocycles. The van der Waals surface area contributed by atoms with Crippen molar-refractivity contribution >= 4 is 18.0 Å². The maximum atomic E-state index is 13.2. The molecule has 2 aliphatic rings. The Morgan fingerprint density at radius 3 is 2.14 bits per heavy atom. The van der Waals surface area contributed by atoms with Crippen LogP contribution >= 0.6 is 0 Å². The molecule has 190 valence electrons. The van der Waals surface area contributed by atoms with E-state index in [1.54, 1.807) is 0 Å². The molecule has 2 aliphatic carbocycles. The standard InChI is InChI=1S/C30H30N2O5/c33-28(34)18-32(17-20-8-2-1-3-9-20)29(35)21-14-15-22(16-21)31-30(36)37-19-27-25-12-6-4-10-23(25)24-11-5-7-13-26(24)27/h1-13,21-22,27H,14-19H2,(H,31,36)(H,33,34)/t21-,22+/m1/s1. The molecule has 0 radical (unpaired) electrons. The quantitative estimate of drug-likeness (QED) is 0.465. The van der Waals surface area contributed by atoms with Crippen LogP contribution in [0.2, 0.25) is 0 Å². The van der Waals surface area contributed by atoms with Crippen LogP contribution in [0.5, 0.6) is 0 Å². The predicted molar refractivity (Wildman–Crippen MR) is 139 cm³/mol. The van der Waals surface area contributed by atoms with Gasteiger partial charge in [0.2, 0.25) is 5.91 Å². The molecular weight excluding hydrogens is 468 g/mol. The number of nitrogens with one attached hydrogen (secondary N) is 1. The molecule has 5 rings (SSSR count). The minimum atomic E-state index is -1.05. The fraction of sp³-hybridized carbons (Fsp3) is 0.300. The van der Waals surface area contributed by atoms with Gasteiger partial charge in [0.25, 0.3) is 0 Å². The molecule has 0 aromatic heterocycles. The van der Waals surface area contributed by atoms with Crippen LogP contribution in [0.1, 0.15) is 41.9 Å². The maximum absolute atomic E-state index is 13.2. The summed E-state index contributed by atoms with van der Waals surface area (Å²) < 4.78 is 5.65. The summed E-state index contributed by atoms with van der Waals surface area (Å²) in [6.45, 7) is 0.125. The number of fused-ring (bicyclic) bond motifs is 3. The van der Waals surface area contributed by atoms with Crippen LogP contribution < -0.4 is 5.32 Å². The molecular formula is C30H30N2O5. The highest BCUT2D eigenvalue weighted by molar-refractivity contribution is 5.83. The van der Waals surface area contributed by atoms with Crippen molar-refractivity contribution in [3.05, 3.63) is 95.6 Å². The van der Waals surface area contributed by atoms with Gasteiger partial charge in [-0.25, -0.2) is 4.79 Å². The van der Waals surface area contributed by atoms with Gasteiger partial charge < -0.3 is 20.1 Å². The van der Waals surface area contributed by atoms with Gasteiger partial charge in [0.05, 0.1) is 0 Å². The van der Waals surface area contributed by atoms with E-state index in [0.29, 0.717) is 19.3 Å². The maximum Gasteiger partial charge on any atom is 0.407 e. The van der Waals surface area contributed by atoms with Crippen molar-refractivity contribution in [1.82, 2.24) is 10.2 Å². The van der Waals surface area contributed by atoms with Crippen LogP contribution in [0, 0.1) is 5.92 Å². The van der Waals surface area contributed by atoms with Crippen molar-refractivity contribution in [2.24, 2.45) is 5.92 Å². The summed E-state index contributed by atoms with van der Waals surface area (Å²) >= 11 is 0. The second-order valence-electron chi connectivity index (χ2n) is 9.75. The van der Waals surface area contributed by atoms with E-state index in [9.17, 15) is 19.5 Å². The van der Waals surface area contributed by atoms with Gasteiger partial charge in [-0.15, -0.1) is 0 Å². The molecule has 2 atom stereocenters. The van der Waals surface area contributed by atoms with Crippen LogP contribution in [0.3, 0.4) is 0 Å². The Hall–Kier alpha value is -4.13. The first-order chi connectivity index (χ1) is 18.0. The van der Waals surface area contributed by atoms with Gasteiger partial charge in [0, 0.05) is 24.4 Å². The van der Waals surface area contributed by atoms with Crippen molar-refractivity contribution in [3.8, 4) is 11.1 Å². The number of nitrogens with zero attached hydrogens (tertiary/aromatic N) is 1. The number of carbonyl (C=O) groups excluding carboxylic acids is 2. The van der Waals surface area contributed by atoms with Gasteiger partial charge in [-0.2, -0.15) is 0 Å². The second kappa shape index (κ2) is 10.9. The van der Waals surface area contributed by atoms with Crippen LogP contribution in [-0.2, 0) is 20.9 Å². The number of alkyl carbamates (subject to hydrolysis) is 1. The lowest BCUT2D eigenvalue weighted by Crippen LogP contribution is -2.39. The fourth-order valence-electron chi connectivity index (χ4n) is 5.58. The number of carbonyl (C=O) groups is 3. The van der Waals surface area contributed by atoms with E-state index in [-0.39, 0.29) is 43.5 Å². The number of hydrogen-bond donors (Lipinski definition) is 2. The molecule has 37 heavy (non-hydrogen) atoms. The molecule has 0 spiro atoms. The van der Waals surface area contributed by atoms with Gasteiger partial charge in [-0.1, -0.05) is 78.9 Å². The normalized spacial score (nSPS) is 18.1. The van der Waals surface area contributed by atoms with Gasteiger partial charge in [0.15, 0.2) is 0 Å². The van der Waals surface area contributed by atoms with Crippen molar-refractivity contribution < 1.29 is 24.2 Å². The monoisotopic (exact) mass is 498 g/mol. The number of ether oxygens (including phenoxy) is 1. The molecule has 2 amide bonds. The van der Waals surface area contributed by atoms with Gasteiger partial charge in [-0.3, -0.25) is 9.59 Å². The molecule has 0 saturated heterocycles. The summed E-state index contributed by atoms with van der Waals surface area (Å²) in [5, 5.41) is 12.2. The van der Waals surface area contributed by atoms with E-state index < -0.39 is 12.1 Å². The Kier molecular flexibility index (Phi) is 7.21. The largest absolute Gasteiger partial charge is 0.480 e. The zero-order chi connectivity index (χ0) is 25.8.